The number of hydrogen-bond acceptors (Lipinski definition) is 3. The molecule has 124 valence electrons. The van der Waals surface area contributed by atoms with Crippen LogP contribution in [0.3, 0.4) is 0 Å². The molecular weight excluding hydrogens is 288 g/mol. The minimum Gasteiger partial charge on any atom is -0.472 e. The van der Waals surface area contributed by atoms with E-state index in [9.17, 15) is 9.90 Å². The molecule has 1 heterocycles. The van der Waals surface area contributed by atoms with E-state index in [1.54, 1.807) is 18.6 Å². The molecule has 3 heteroatoms. The predicted octanol–water partition coefficient (Wildman–Crippen LogP) is 4.24. The van der Waals surface area contributed by atoms with Gasteiger partial charge >= 0.3 is 0 Å². The van der Waals surface area contributed by atoms with E-state index in [0.29, 0.717) is 0 Å². The number of ketones is 1. The molecule has 1 N–H and O–H groups in total. The minimum atomic E-state index is -0.133. The van der Waals surface area contributed by atoms with E-state index >= 15 is 0 Å². The van der Waals surface area contributed by atoms with Crippen molar-refractivity contribution in [3.05, 3.63) is 41.9 Å². The highest BCUT2D eigenvalue weighted by Gasteiger charge is 2.55. The molecule has 0 saturated heterocycles. The van der Waals surface area contributed by atoms with E-state index < -0.39 is 0 Å². The Labute approximate surface area is 138 Å². The molecule has 1 aromatic heterocycles. The van der Waals surface area contributed by atoms with Gasteiger partial charge in [-0.15, -0.1) is 0 Å². The number of aliphatic hydroxyl groups excluding tert-OH is 1. The van der Waals surface area contributed by atoms with Crippen LogP contribution in [0.15, 0.2) is 40.7 Å². The zero-order chi connectivity index (χ0) is 16.7. The largest absolute Gasteiger partial charge is 0.472 e. The van der Waals surface area contributed by atoms with E-state index in [1.165, 1.54) is 0 Å². The standard InChI is InChI=1S/C20H26O3/c1-19(2)8-4-9-20(3)16(6-5-14-7-10-23-13-14)15(12-21)11-17(22)18(19)20/h5-7,10-11,13,16,18,21H,4,8-9,12H2,1-3H3/b6-5+/t16-,18?,20+/m0/s1. The molecule has 1 saturated carbocycles. The molecule has 3 rings (SSSR count). The van der Waals surface area contributed by atoms with Crippen molar-refractivity contribution in [2.45, 2.75) is 40.0 Å². The summed E-state index contributed by atoms with van der Waals surface area (Å²) in [6, 6.07) is 1.91. The molecular formula is C20H26O3. The zero-order valence-corrected chi connectivity index (χ0v) is 14.2. The fraction of sp³-hybridized carbons (Fsp3) is 0.550. The highest BCUT2D eigenvalue weighted by Crippen LogP contribution is 2.58. The van der Waals surface area contributed by atoms with Gasteiger partial charge in [-0.2, -0.15) is 0 Å². The van der Waals surface area contributed by atoms with Gasteiger partial charge in [0.15, 0.2) is 5.78 Å². The highest BCUT2D eigenvalue weighted by atomic mass is 16.3. The van der Waals surface area contributed by atoms with Gasteiger partial charge in [-0.1, -0.05) is 39.3 Å². The lowest BCUT2D eigenvalue weighted by Gasteiger charge is -2.55. The fourth-order valence-corrected chi connectivity index (χ4v) is 5.00. The Kier molecular flexibility index (Phi) is 4.09. The van der Waals surface area contributed by atoms with Gasteiger partial charge in [-0.05, 0) is 41.4 Å². The van der Waals surface area contributed by atoms with Gasteiger partial charge in [0.1, 0.15) is 0 Å². The third-order valence-electron chi connectivity index (χ3n) is 5.91. The van der Waals surface area contributed by atoms with Crippen LogP contribution in [-0.4, -0.2) is 17.5 Å². The van der Waals surface area contributed by atoms with Gasteiger partial charge in [0.05, 0.1) is 19.1 Å². The first kappa shape index (κ1) is 16.3. The molecule has 0 spiro atoms. The fourth-order valence-electron chi connectivity index (χ4n) is 5.00. The van der Waals surface area contributed by atoms with Gasteiger partial charge in [0.2, 0.25) is 0 Å². The average molecular weight is 314 g/mol. The lowest BCUT2D eigenvalue weighted by Crippen LogP contribution is -2.52. The van der Waals surface area contributed by atoms with Gasteiger partial charge in [0, 0.05) is 17.4 Å². The van der Waals surface area contributed by atoms with Crippen molar-refractivity contribution in [3.63, 3.8) is 0 Å². The smallest absolute Gasteiger partial charge is 0.159 e. The van der Waals surface area contributed by atoms with Crippen LogP contribution >= 0.6 is 0 Å². The van der Waals surface area contributed by atoms with Crippen LogP contribution < -0.4 is 0 Å². The number of hydrogen-bond donors (Lipinski definition) is 1. The van der Waals surface area contributed by atoms with Crippen molar-refractivity contribution in [2.24, 2.45) is 22.7 Å². The van der Waals surface area contributed by atoms with E-state index in [-0.39, 0.29) is 35.1 Å². The number of carbonyl (C=O) groups excluding carboxylic acids is 1. The topological polar surface area (TPSA) is 50.4 Å². The lowest BCUT2D eigenvalue weighted by molar-refractivity contribution is -0.135. The third kappa shape index (κ3) is 2.72. The second-order valence-corrected chi connectivity index (χ2v) is 7.95. The summed E-state index contributed by atoms with van der Waals surface area (Å²) in [6.07, 6.45) is 12.5. The summed E-state index contributed by atoms with van der Waals surface area (Å²) >= 11 is 0. The normalized spacial score (nSPS) is 33.6. The summed E-state index contributed by atoms with van der Waals surface area (Å²) in [7, 11) is 0. The van der Waals surface area contributed by atoms with Gasteiger partial charge < -0.3 is 9.52 Å². The number of fused-ring (bicyclic) bond motifs is 1. The number of furan rings is 1. The molecule has 1 aromatic rings. The van der Waals surface area contributed by atoms with Crippen LogP contribution in [0.1, 0.15) is 45.6 Å². The van der Waals surface area contributed by atoms with Crippen molar-refractivity contribution in [1.82, 2.24) is 0 Å². The Morgan fingerprint density at radius 3 is 2.78 bits per heavy atom. The lowest BCUT2D eigenvalue weighted by atomic mass is 9.48. The van der Waals surface area contributed by atoms with Gasteiger partial charge in [-0.25, -0.2) is 0 Å². The van der Waals surface area contributed by atoms with Crippen molar-refractivity contribution < 1.29 is 14.3 Å². The molecule has 0 amide bonds. The maximum atomic E-state index is 12.8. The number of allylic oxidation sites excluding steroid dienone is 2. The summed E-state index contributed by atoms with van der Waals surface area (Å²) in [5.41, 5.74) is 1.72. The van der Waals surface area contributed by atoms with E-state index in [2.05, 4.69) is 26.8 Å². The van der Waals surface area contributed by atoms with Crippen LogP contribution in [0.4, 0.5) is 0 Å². The van der Waals surface area contributed by atoms with Crippen molar-refractivity contribution in [1.29, 1.82) is 0 Å². The second-order valence-electron chi connectivity index (χ2n) is 7.95. The summed E-state index contributed by atoms with van der Waals surface area (Å²) in [4.78, 5) is 12.8. The predicted molar refractivity (Wildman–Crippen MR) is 90.6 cm³/mol. The molecule has 0 aromatic carbocycles. The summed E-state index contributed by atoms with van der Waals surface area (Å²) in [6.45, 7) is 6.58. The maximum absolute atomic E-state index is 12.8. The van der Waals surface area contributed by atoms with Crippen LogP contribution in [0.25, 0.3) is 6.08 Å². The van der Waals surface area contributed by atoms with Crippen molar-refractivity contribution in [3.8, 4) is 0 Å². The molecule has 0 bridgehead atoms. The first-order chi connectivity index (χ1) is 10.9. The highest BCUT2D eigenvalue weighted by molar-refractivity contribution is 5.95. The third-order valence-corrected chi connectivity index (χ3v) is 5.91. The Hall–Kier alpha value is -1.61. The van der Waals surface area contributed by atoms with Gasteiger partial charge in [-0.3, -0.25) is 4.79 Å². The number of carbonyl (C=O) groups is 1. The Bertz CT molecular complexity index is 636. The van der Waals surface area contributed by atoms with Crippen LogP contribution in [-0.2, 0) is 4.79 Å². The summed E-state index contributed by atoms with van der Waals surface area (Å²) < 4.78 is 5.12. The molecule has 23 heavy (non-hydrogen) atoms. The van der Waals surface area contributed by atoms with Gasteiger partial charge in [0.25, 0.3) is 0 Å². The van der Waals surface area contributed by atoms with Crippen molar-refractivity contribution >= 4 is 11.9 Å². The molecule has 1 fully saturated rings. The molecule has 3 nitrogen and oxygen atoms in total. The molecule has 2 aliphatic carbocycles. The Morgan fingerprint density at radius 1 is 1.35 bits per heavy atom. The first-order valence-corrected chi connectivity index (χ1v) is 8.44. The van der Waals surface area contributed by atoms with Crippen LogP contribution in [0, 0.1) is 22.7 Å². The summed E-state index contributed by atoms with van der Waals surface area (Å²) in [5.74, 6) is 0.289. The molecule has 1 unspecified atom stereocenters. The van der Waals surface area contributed by atoms with E-state index in [4.69, 9.17) is 4.42 Å². The maximum Gasteiger partial charge on any atom is 0.159 e. The average Bonchev–Trinajstić information content (AvgIpc) is 2.97. The molecule has 3 atom stereocenters. The number of rotatable bonds is 3. The monoisotopic (exact) mass is 314 g/mol. The number of aliphatic hydroxyl groups is 1. The van der Waals surface area contributed by atoms with Crippen LogP contribution in [0.2, 0.25) is 0 Å². The Balaban J connectivity index is 2.04. The molecule has 0 radical (unpaired) electrons. The molecule has 2 aliphatic rings. The zero-order valence-electron chi connectivity index (χ0n) is 14.2. The summed E-state index contributed by atoms with van der Waals surface area (Å²) in [5, 5.41) is 9.80. The Morgan fingerprint density at radius 2 is 2.13 bits per heavy atom. The minimum absolute atomic E-state index is 0.00327. The van der Waals surface area contributed by atoms with Crippen LogP contribution in [0.5, 0.6) is 0 Å². The molecule has 0 aliphatic heterocycles. The van der Waals surface area contributed by atoms with E-state index in [1.807, 2.05) is 12.1 Å². The second kappa shape index (κ2) is 5.79. The van der Waals surface area contributed by atoms with E-state index in [0.717, 1.165) is 30.4 Å². The van der Waals surface area contributed by atoms with Crippen molar-refractivity contribution in [2.75, 3.05) is 6.61 Å². The SMILES string of the molecule is CC1(C)CCC[C@@]2(C)C1C(=O)C=C(CO)[C@@H]2/C=C/c1ccoc1. The first-order valence-electron chi connectivity index (χ1n) is 8.44. The quantitative estimate of drug-likeness (QED) is 0.907.